The van der Waals surface area contributed by atoms with E-state index in [0.29, 0.717) is 12.8 Å². The molecule has 0 aliphatic carbocycles. The van der Waals surface area contributed by atoms with Gasteiger partial charge in [-0.2, -0.15) is 4.98 Å². The van der Waals surface area contributed by atoms with Crippen molar-refractivity contribution in [3.63, 3.8) is 0 Å². The topological polar surface area (TPSA) is 162 Å². The Kier molecular flexibility index (Phi) is 8.21. The molecule has 2 aromatic rings. The fourth-order valence-electron chi connectivity index (χ4n) is 2.82. The number of hydrogen-bond donors (Lipinski definition) is 5. The summed E-state index contributed by atoms with van der Waals surface area (Å²) in [6.45, 7) is 1.96. The number of nitrogens with zero attached hydrogens (tertiary/aromatic N) is 1. The molecule has 0 spiro atoms. The first-order chi connectivity index (χ1) is 14.1. The minimum Gasteiger partial charge on any atom is -0.508 e. The molecule has 30 heavy (non-hydrogen) atoms. The zero-order chi connectivity index (χ0) is 22.3. The smallest absolute Gasteiger partial charge is 0.309 e. The molecule has 11 heteroatoms. The highest BCUT2D eigenvalue weighted by Crippen LogP contribution is 2.17. The Bertz CT molecular complexity index is 928. The summed E-state index contributed by atoms with van der Waals surface area (Å²) in [5.41, 5.74) is 0.534. The number of benzene rings is 1. The fourth-order valence-corrected chi connectivity index (χ4v) is 3.23. The molecule has 2 rings (SSSR count). The molecule has 0 radical (unpaired) electrons. The van der Waals surface area contributed by atoms with E-state index in [-0.39, 0.29) is 23.9 Å². The molecular weight excluding hydrogens is 414 g/mol. The van der Waals surface area contributed by atoms with Gasteiger partial charge in [0, 0.05) is 0 Å². The van der Waals surface area contributed by atoms with Gasteiger partial charge in [0.1, 0.15) is 18.1 Å². The maximum absolute atomic E-state index is 12.6. The van der Waals surface area contributed by atoms with Crippen molar-refractivity contribution < 1.29 is 32.9 Å². The monoisotopic (exact) mass is 441 g/mol. The summed E-state index contributed by atoms with van der Waals surface area (Å²) in [7, 11) is -3.62. The lowest BCUT2D eigenvalue weighted by Crippen LogP contribution is -2.49. The number of aromatic nitrogens is 1. The molecule has 3 atom stereocenters. The molecule has 0 saturated carbocycles. The number of hydrogen-bond acceptors (Lipinski definition) is 8. The van der Waals surface area contributed by atoms with Crippen molar-refractivity contribution in [2.24, 2.45) is 0 Å². The van der Waals surface area contributed by atoms with Gasteiger partial charge in [-0.3, -0.25) is 4.79 Å². The van der Waals surface area contributed by atoms with Gasteiger partial charge >= 0.3 is 6.01 Å². The predicted molar refractivity (Wildman–Crippen MR) is 110 cm³/mol. The molecule has 0 aliphatic rings. The zero-order valence-electron chi connectivity index (χ0n) is 16.8. The summed E-state index contributed by atoms with van der Waals surface area (Å²) < 4.78 is 29.4. The predicted octanol–water partition coefficient (Wildman–Crippen LogP) is 1.00. The number of rotatable bonds is 11. The van der Waals surface area contributed by atoms with E-state index in [2.05, 4.69) is 10.3 Å². The lowest BCUT2D eigenvalue weighted by Gasteiger charge is -2.27. The summed E-state index contributed by atoms with van der Waals surface area (Å²) >= 11 is 0. The molecule has 0 bridgehead atoms. The normalized spacial score (nSPS) is 14.7. The third kappa shape index (κ3) is 7.32. The first-order valence-electron chi connectivity index (χ1n) is 9.47. The number of aromatic hydroxyl groups is 1. The van der Waals surface area contributed by atoms with Gasteiger partial charge in [-0.15, -0.1) is 0 Å². The van der Waals surface area contributed by atoms with Crippen LogP contribution in [-0.4, -0.2) is 59.1 Å². The Hall–Kier alpha value is -2.63. The SMILES string of the molecule is CCCCC(O)C(O)C(Cc1ccc(O)cc1)NC(=O)c1coc(NS(C)(=O)=O)n1. The summed E-state index contributed by atoms with van der Waals surface area (Å²) in [6, 6.07) is 5.02. The Morgan fingerprint density at radius 1 is 1.23 bits per heavy atom. The van der Waals surface area contributed by atoms with Gasteiger partial charge in [0.05, 0.1) is 18.4 Å². The summed E-state index contributed by atoms with van der Waals surface area (Å²) in [4.78, 5) is 16.4. The summed E-state index contributed by atoms with van der Waals surface area (Å²) in [6.07, 6.45) is 1.70. The van der Waals surface area contributed by atoms with Crippen LogP contribution in [0.15, 0.2) is 34.9 Å². The van der Waals surface area contributed by atoms with Gasteiger partial charge in [0.2, 0.25) is 10.0 Å². The molecule has 3 unspecified atom stereocenters. The number of sulfonamides is 1. The molecule has 1 heterocycles. The first-order valence-corrected chi connectivity index (χ1v) is 11.4. The van der Waals surface area contributed by atoms with Crippen LogP contribution in [0.5, 0.6) is 5.75 Å². The fraction of sp³-hybridized carbons (Fsp3) is 0.474. The van der Waals surface area contributed by atoms with E-state index in [9.17, 15) is 28.5 Å². The minimum atomic E-state index is -3.62. The zero-order valence-corrected chi connectivity index (χ0v) is 17.6. The van der Waals surface area contributed by atoms with E-state index in [1.807, 2.05) is 11.6 Å². The Balaban J connectivity index is 2.16. The number of phenols is 1. The minimum absolute atomic E-state index is 0.0800. The van der Waals surface area contributed by atoms with Gasteiger partial charge in [-0.1, -0.05) is 31.9 Å². The highest BCUT2D eigenvalue weighted by molar-refractivity contribution is 7.91. The molecule has 0 saturated heterocycles. The highest BCUT2D eigenvalue weighted by atomic mass is 32.2. The van der Waals surface area contributed by atoms with Crippen molar-refractivity contribution in [2.75, 3.05) is 11.0 Å². The van der Waals surface area contributed by atoms with Gasteiger partial charge in [0.25, 0.3) is 5.91 Å². The van der Waals surface area contributed by atoms with E-state index in [1.165, 1.54) is 12.1 Å². The average molecular weight is 442 g/mol. The summed E-state index contributed by atoms with van der Waals surface area (Å²) in [5.74, 6) is -0.623. The van der Waals surface area contributed by atoms with Crippen LogP contribution in [0.25, 0.3) is 0 Å². The number of oxazole rings is 1. The Morgan fingerprint density at radius 3 is 2.50 bits per heavy atom. The van der Waals surface area contributed by atoms with Crippen LogP contribution in [0.4, 0.5) is 6.01 Å². The van der Waals surface area contributed by atoms with Crippen molar-refractivity contribution in [1.29, 1.82) is 0 Å². The molecule has 0 aliphatic heterocycles. The van der Waals surface area contributed by atoms with Crippen molar-refractivity contribution in [2.45, 2.75) is 50.9 Å². The number of anilines is 1. The van der Waals surface area contributed by atoms with E-state index >= 15 is 0 Å². The number of nitrogens with one attached hydrogen (secondary N) is 2. The van der Waals surface area contributed by atoms with Crippen LogP contribution in [0.1, 0.15) is 42.2 Å². The molecule has 1 amide bonds. The Morgan fingerprint density at radius 2 is 1.90 bits per heavy atom. The molecule has 5 N–H and O–H groups in total. The maximum atomic E-state index is 12.6. The number of amides is 1. The highest BCUT2D eigenvalue weighted by Gasteiger charge is 2.29. The lowest BCUT2D eigenvalue weighted by atomic mass is 9.95. The molecule has 1 aromatic carbocycles. The van der Waals surface area contributed by atoms with Gasteiger partial charge in [0.15, 0.2) is 5.69 Å². The largest absolute Gasteiger partial charge is 0.508 e. The molecule has 0 fully saturated rings. The number of carbonyl (C=O) groups excluding carboxylic acids is 1. The molecule has 10 nitrogen and oxygen atoms in total. The first kappa shape index (κ1) is 23.6. The van der Waals surface area contributed by atoms with E-state index < -0.39 is 34.2 Å². The quantitative estimate of drug-likeness (QED) is 0.345. The number of aliphatic hydroxyl groups excluding tert-OH is 2. The van der Waals surface area contributed by atoms with E-state index in [1.54, 1.807) is 12.1 Å². The number of aliphatic hydroxyl groups is 2. The second-order valence-electron chi connectivity index (χ2n) is 7.06. The molecular formula is C19H27N3O7S. The molecule has 1 aromatic heterocycles. The number of phenolic OH excluding ortho intramolecular Hbond substituents is 1. The van der Waals surface area contributed by atoms with Crippen LogP contribution in [0.3, 0.4) is 0 Å². The standard InChI is InChI=1S/C19H27N3O7S/c1-3-4-5-16(24)17(25)14(10-12-6-8-13(23)9-7-12)20-18(26)15-11-29-19(21-15)22-30(2,27)28/h6-9,11,14,16-17,23-25H,3-5,10H2,1-2H3,(H,20,26)(H,21,22). The van der Waals surface area contributed by atoms with Crippen molar-refractivity contribution in [3.05, 3.63) is 41.8 Å². The van der Waals surface area contributed by atoms with Crippen molar-refractivity contribution in [1.82, 2.24) is 10.3 Å². The molecule has 166 valence electrons. The third-order valence-corrected chi connectivity index (χ3v) is 4.92. The van der Waals surface area contributed by atoms with Crippen molar-refractivity contribution in [3.8, 4) is 5.75 Å². The third-order valence-electron chi connectivity index (χ3n) is 4.38. The lowest BCUT2D eigenvalue weighted by molar-refractivity contribution is -0.00818. The maximum Gasteiger partial charge on any atom is 0.309 e. The van der Waals surface area contributed by atoms with Crippen LogP contribution < -0.4 is 10.0 Å². The second kappa shape index (κ2) is 10.4. The van der Waals surface area contributed by atoms with E-state index in [0.717, 1.165) is 24.5 Å². The van der Waals surface area contributed by atoms with Gasteiger partial charge in [-0.25, -0.2) is 13.1 Å². The van der Waals surface area contributed by atoms with Crippen LogP contribution in [0, 0.1) is 0 Å². The van der Waals surface area contributed by atoms with Crippen LogP contribution in [-0.2, 0) is 16.4 Å². The number of unbranched alkanes of at least 4 members (excludes halogenated alkanes) is 1. The Labute approximate surface area is 175 Å². The average Bonchev–Trinajstić information content (AvgIpc) is 3.13. The second-order valence-corrected chi connectivity index (χ2v) is 8.81. The van der Waals surface area contributed by atoms with E-state index in [4.69, 9.17) is 4.42 Å². The number of carbonyl (C=O) groups is 1. The van der Waals surface area contributed by atoms with Gasteiger partial charge < -0.3 is 25.1 Å². The van der Waals surface area contributed by atoms with Gasteiger partial charge in [-0.05, 0) is 30.5 Å². The van der Waals surface area contributed by atoms with Crippen molar-refractivity contribution >= 4 is 21.9 Å². The summed E-state index contributed by atoms with van der Waals surface area (Å²) in [5, 5.41) is 33.0. The van der Waals surface area contributed by atoms with Crippen LogP contribution in [0.2, 0.25) is 0 Å². The van der Waals surface area contributed by atoms with Crippen LogP contribution >= 0.6 is 0 Å².